The van der Waals surface area contributed by atoms with Gasteiger partial charge in [-0.1, -0.05) is 6.07 Å². The van der Waals surface area contributed by atoms with Crippen LogP contribution in [0.2, 0.25) is 0 Å². The standard InChI is InChI=1S/C17H26FN3OS/c1-3-19-16(21-11-17(12-22)6-7-17)20-9-13-4-5-15(18)8-14(13)10-23-2/h4-5,8,22H,3,6-7,9-12H2,1-2H3,(H2,19,20,21). The quantitative estimate of drug-likeness (QED) is 0.503. The highest BCUT2D eigenvalue weighted by Gasteiger charge is 2.41. The highest BCUT2D eigenvalue weighted by Crippen LogP contribution is 2.44. The van der Waals surface area contributed by atoms with Gasteiger partial charge in [0, 0.05) is 24.3 Å². The van der Waals surface area contributed by atoms with Crippen molar-refractivity contribution in [3.8, 4) is 0 Å². The second-order valence-corrected chi connectivity index (χ2v) is 6.92. The zero-order valence-corrected chi connectivity index (χ0v) is 14.7. The molecule has 6 heteroatoms. The molecule has 1 aliphatic rings. The van der Waals surface area contributed by atoms with E-state index in [0.717, 1.165) is 48.8 Å². The molecular formula is C17H26FN3OS. The topological polar surface area (TPSA) is 56.7 Å². The Hall–Kier alpha value is -1.27. The van der Waals surface area contributed by atoms with Crippen LogP contribution in [-0.4, -0.2) is 37.0 Å². The molecule has 1 aliphatic carbocycles. The van der Waals surface area contributed by atoms with E-state index < -0.39 is 0 Å². The molecule has 0 unspecified atom stereocenters. The van der Waals surface area contributed by atoms with Crippen molar-refractivity contribution in [1.29, 1.82) is 0 Å². The third-order valence-corrected chi connectivity index (χ3v) is 4.74. The molecule has 1 aromatic carbocycles. The molecule has 0 heterocycles. The van der Waals surface area contributed by atoms with Crippen LogP contribution in [0.15, 0.2) is 23.2 Å². The Kier molecular flexibility index (Phi) is 6.72. The van der Waals surface area contributed by atoms with Gasteiger partial charge in [-0.3, -0.25) is 0 Å². The molecule has 0 spiro atoms. The monoisotopic (exact) mass is 339 g/mol. The van der Waals surface area contributed by atoms with Gasteiger partial charge in [-0.15, -0.1) is 0 Å². The summed E-state index contributed by atoms with van der Waals surface area (Å²) in [6, 6.07) is 4.89. The first-order valence-corrected chi connectivity index (χ1v) is 9.41. The molecule has 1 saturated carbocycles. The smallest absolute Gasteiger partial charge is 0.191 e. The zero-order chi connectivity index (χ0) is 16.7. The van der Waals surface area contributed by atoms with E-state index in [1.807, 2.05) is 19.2 Å². The Labute approximate surface area is 142 Å². The number of halogens is 1. The SMILES string of the molecule is CCNC(=NCc1ccc(F)cc1CSC)NCC1(CO)CC1. The number of benzene rings is 1. The van der Waals surface area contributed by atoms with Gasteiger partial charge in [-0.05, 0) is 49.3 Å². The maximum atomic E-state index is 13.4. The highest BCUT2D eigenvalue weighted by molar-refractivity contribution is 7.97. The van der Waals surface area contributed by atoms with E-state index in [4.69, 9.17) is 0 Å². The maximum absolute atomic E-state index is 13.4. The molecule has 0 aliphatic heterocycles. The molecule has 4 nitrogen and oxygen atoms in total. The van der Waals surface area contributed by atoms with Gasteiger partial charge in [0.25, 0.3) is 0 Å². The first kappa shape index (κ1) is 18.1. The number of hydrogen-bond donors (Lipinski definition) is 3. The third kappa shape index (κ3) is 5.39. The van der Waals surface area contributed by atoms with E-state index in [1.54, 1.807) is 17.8 Å². The Balaban J connectivity index is 2.02. The van der Waals surface area contributed by atoms with Crippen molar-refractivity contribution < 1.29 is 9.50 Å². The van der Waals surface area contributed by atoms with Crippen LogP contribution in [0.5, 0.6) is 0 Å². The minimum Gasteiger partial charge on any atom is -0.396 e. The summed E-state index contributed by atoms with van der Waals surface area (Å²) < 4.78 is 13.4. The van der Waals surface area contributed by atoms with Crippen molar-refractivity contribution in [3.05, 3.63) is 35.1 Å². The first-order valence-electron chi connectivity index (χ1n) is 8.02. The minimum absolute atomic E-state index is 0.0378. The predicted molar refractivity (Wildman–Crippen MR) is 95.2 cm³/mol. The number of rotatable bonds is 8. The van der Waals surface area contributed by atoms with Gasteiger partial charge in [0.2, 0.25) is 0 Å². The lowest BCUT2D eigenvalue weighted by atomic mass is 10.1. The largest absolute Gasteiger partial charge is 0.396 e. The fourth-order valence-corrected chi connectivity index (χ4v) is 2.96. The van der Waals surface area contributed by atoms with Crippen LogP contribution in [0.4, 0.5) is 4.39 Å². The minimum atomic E-state index is -0.203. The molecular weight excluding hydrogens is 313 g/mol. The van der Waals surface area contributed by atoms with E-state index >= 15 is 0 Å². The Morgan fingerprint density at radius 2 is 2.13 bits per heavy atom. The van der Waals surface area contributed by atoms with Crippen LogP contribution >= 0.6 is 11.8 Å². The van der Waals surface area contributed by atoms with Gasteiger partial charge in [-0.2, -0.15) is 11.8 Å². The number of aliphatic hydroxyl groups is 1. The molecule has 0 atom stereocenters. The van der Waals surface area contributed by atoms with Crippen LogP contribution in [0, 0.1) is 11.2 Å². The van der Waals surface area contributed by atoms with Crippen LogP contribution < -0.4 is 10.6 Å². The van der Waals surface area contributed by atoms with Gasteiger partial charge in [0.1, 0.15) is 5.82 Å². The molecule has 2 rings (SSSR count). The van der Waals surface area contributed by atoms with Gasteiger partial charge >= 0.3 is 0 Å². The van der Waals surface area contributed by atoms with Crippen LogP contribution in [0.1, 0.15) is 30.9 Å². The molecule has 0 saturated heterocycles. The molecule has 0 bridgehead atoms. The van der Waals surface area contributed by atoms with Gasteiger partial charge in [0.05, 0.1) is 13.2 Å². The van der Waals surface area contributed by atoms with Crippen LogP contribution in [0.3, 0.4) is 0 Å². The molecule has 128 valence electrons. The maximum Gasteiger partial charge on any atom is 0.191 e. The van der Waals surface area contributed by atoms with E-state index in [0.29, 0.717) is 6.54 Å². The Morgan fingerprint density at radius 3 is 2.74 bits per heavy atom. The molecule has 23 heavy (non-hydrogen) atoms. The summed E-state index contributed by atoms with van der Waals surface area (Å²) in [6.07, 6.45) is 4.13. The highest BCUT2D eigenvalue weighted by atomic mass is 32.2. The number of nitrogens with one attached hydrogen (secondary N) is 2. The molecule has 1 fully saturated rings. The average Bonchev–Trinajstić information content (AvgIpc) is 3.32. The van der Waals surface area contributed by atoms with Crippen molar-refractivity contribution in [2.75, 3.05) is 26.0 Å². The summed E-state index contributed by atoms with van der Waals surface area (Å²) in [5, 5.41) is 15.9. The summed E-state index contributed by atoms with van der Waals surface area (Å²) >= 11 is 1.67. The van der Waals surface area contributed by atoms with Crippen LogP contribution in [0.25, 0.3) is 0 Å². The fourth-order valence-electron chi connectivity index (χ4n) is 2.38. The number of aliphatic imine (C=N–C) groups is 1. The zero-order valence-electron chi connectivity index (χ0n) is 13.9. The molecule has 3 N–H and O–H groups in total. The van der Waals surface area contributed by atoms with Gasteiger partial charge < -0.3 is 15.7 Å². The van der Waals surface area contributed by atoms with Crippen LogP contribution in [-0.2, 0) is 12.3 Å². The number of hydrogen-bond acceptors (Lipinski definition) is 3. The number of aliphatic hydroxyl groups excluding tert-OH is 1. The van der Waals surface area contributed by atoms with Crippen molar-refractivity contribution in [1.82, 2.24) is 10.6 Å². The van der Waals surface area contributed by atoms with E-state index in [9.17, 15) is 9.50 Å². The van der Waals surface area contributed by atoms with Gasteiger partial charge in [-0.25, -0.2) is 9.38 Å². The lowest BCUT2D eigenvalue weighted by Gasteiger charge is -2.16. The number of guanidine groups is 1. The Bertz CT molecular complexity index is 547. The van der Waals surface area contributed by atoms with Crippen molar-refractivity contribution in [2.24, 2.45) is 10.4 Å². The predicted octanol–water partition coefficient (Wildman–Crippen LogP) is 2.52. The number of nitrogens with zero attached hydrogens (tertiary/aromatic N) is 1. The molecule has 0 radical (unpaired) electrons. The summed E-state index contributed by atoms with van der Waals surface area (Å²) in [7, 11) is 0. The lowest BCUT2D eigenvalue weighted by molar-refractivity contribution is 0.212. The van der Waals surface area contributed by atoms with Crippen molar-refractivity contribution in [3.63, 3.8) is 0 Å². The molecule has 1 aromatic rings. The van der Waals surface area contributed by atoms with E-state index in [-0.39, 0.29) is 17.8 Å². The van der Waals surface area contributed by atoms with Crippen molar-refractivity contribution >= 4 is 17.7 Å². The number of thioether (sulfide) groups is 1. The van der Waals surface area contributed by atoms with Gasteiger partial charge in [0.15, 0.2) is 5.96 Å². The van der Waals surface area contributed by atoms with E-state index in [1.165, 1.54) is 6.07 Å². The lowest BCUT2D eigenvalue weighted by Crippen LogP contribution is -2.41. The normalized spacial score (nSPS) is 16.3. The summed E-state index contributed by atoms with van der Waals surface area (Å²) in [6.45, 7) is 4.26. The Morgan fingerprint density at radius 1 is 1.35 bits per heavy atom. The average molecular weight is 339 g/mol. The summed E-state index contributed by atoms with van der Waals surface area (Å²) in [5.41, 5.74) is 2.07. The van der Waals surface area contributed by atoms with Crippen molar-refractivity contribution in [2.45, 2.75) is 32.1 Å². The molecule has 0 aromatic heterocycles. The molecule has 0 amide bonds. The second-order valence-electron chi connectivity index (χ2n) is 6.05. The fraction of sp³-hybridized carbons (Fsp3) is 0.588. The summed E-state index contributed by atoms with van der Waals surface area (Å²) in [4.78, 5) is 4.60. The van der Waals surface area contributed by atoms with E-state index in [2.05, 4.69) is 15.6 Å². The summed E-state index contributed by atoms with van der Waals surface area (Å²) in [5.74, 6) is 1.32. The first-order chi connectivity index (χ1) is 11.1. The third-order valence-electron chi connectivity index (χ3n) is 4.14. The second kappa shape index (κ2) is 8.55.